The Morgan fingerprint density at radius 2 is 1.72 bits per heavy atom. The van der Waals surface area contributed by atoms with Gasteiger partial charge in [-0.1, -0.05) is 0 Å². The Hall–Kier alpha value is -1.18. The molecule has 0 saturated carbocycles. The van der Waals surface area contributed by atoms with Crippen molar-refractivity contribution < 1.29 is 48.0 Å². The fourth-order valence-electron chi connectivity index (χ4n) is 1.82. The van der Waals surface area contributed by atoms with E-state index in [2.05, 4.69) is 9.29 Å². The van der Waals surface area contributed by atoms with Gasteiger partial charge in [-0.3, -0.25) is 4.57 Å². The minimum Gasteiger partial charge on any atom is -0.388 e. The Kier molecular flexibility index (Phi) is 7.01. The summed E-state index contributed by atoms with van der Waals surface area (Å²) in [6, 6.07) is 1.42. The highest BCUT2D eigenvalue weighted by Crippen LogP contribution is 2.53. The zero-order valence-electron chi connectivity index (χ0n) is 12.6. The van der Waals surface area contributed by atoms with Crippen LogP contribution in [-0.2, 0) is 18.2 Å². The molecular formula is C9H17N3O11P2. The molecule has 2 heterocycles. The summed E-state index contributed by atoms with van der Waals surface area (Å²) in [6.07, 6.45) is -2.26. The summed E-state index contributed by atoms with van der Waals surface area (Å²) in [6.45, 7) is 1.61. The van der Waals surface area contributed by atoms with Crippen LogP contribution in [0.1, 0.15) is 13.2 Å². The zero-order chi connectivity index (χ0) is 19.6. The highest BCUT2D eigenvalue weighted by molar-refractivity contribution is 7.60. The van der Waals surface area contributed by atoms with E-state index in [0.717, 1.165) is 4.57 Å². The first-order valence-electron chi connectivity index (χ1n) is 6.40. The second-order valence-electron chi connectivity index (χ2n) is 4.82. The number of aromatic nitrogens is 2. The summed E-state index contributed by atoms with van der Waals surface area (Å²) in [5, 5.41) is 19.2. The molecule has 25 heavy (non-hydrogen) atoms. The van der Waals surface area contributed by atoms with Crippen molar-refractivity contribution in [3.63, 3.8) is 0 Å². The third-order valence-electron chi connectivity index (χ3n) is 2.82. The molecule has 0 spiro atoms. The van der Waals surface area contributed by atoms with Crippen molar-refractivity contribution in [1.82, 2.24) is 9.55 Å². The van der Waals surface area contributed by atoms with E-state index in [-0.39, 0.29) is 5.82 Å². The molecule has 1 aromatic rings. The molecule has 1 saturated heterocycles. The second kappa shape index (κ2) is 8.01. The fourth-order valence-corrected chi connectivity index (χ4v) is 2.92. The standard InChI is InChI=1S/C9H13N3O4.H4O7P2/c1-4-6(13)7(14)8(16-4)12-3-2-5(10)11-9(12)15;1-8(2,3)7-9(4,5)6/h2-4,6-8,13-14H,1H3,(H2,10,11,15);(H2,1,2,3)(H2,4,5,6)/t4-,6-,7-,8-;/m1./s1. The van der Waals surface area contributed by atoms with Crippen molar-refractivity contribution in [1.29, 1.82) is 0 Å². The minimum absolute atomic E-state index is 0.0994. The molecule has 0 radical (unpaired) electrons. The van der Waals surface area contributed by atoms with Crippen molar-refractivity contribution in [3.8, 4) is 0 Å². The smallest absolute Gasteiger partial charge is 0.388 e. The van der Waals surface area contributed by atoms with Gasteiger partial charge in [0, 0.05) is 6.20 Å². The maximum absolute atomic E-state index is 11.5. The number of phosphoric acid groups is 2. The van der Waals surface area contributed by atoms with Crippen LogP contribution in [-0.4, -0.2) is 57.6 Å². The molecule has 0 amide bonds. The molecule has 0 unspecified atom stereocenters. The lowest BCUT2D eigenvalue weighted by atomic mass is 10.1. The van der Waals surface area contributed by atoms with Crippen molar-refractivity contribution >= 4 is 21.5 Å². The molecule has 14 nitrogen and oxygen atoms in total. The van der Waals surface area contributed by atoms with Gasteiger partial charge < -0.3 is 40.3 Å². The van der Waals surface area contributed by atoms with Gasteiger partial charge in [-0.05, 0) is 13.0 Å². The van der Waals surface area contributed by atoms with E-state index >= 15 is 0 Å². The fraction of sp³-hybridized carbons (Fsp3) is 0.556. The number of aliphatic hydroxyl groups is 2. The number of nitrogens with zero attached hydrogens (tertiary/aromatic N) is 2. The van der Waals surface area contributed by atoms with Crippen molar-refractivity contribution in [2.75, 3.05) is 5.73 Å². The van der Waals surface area contributed by atoms with Crippen LogP contribution < -0.4 is 11.4 Å². The first-order chi connectivity index (χ1) is 11.2. The van der Waals surface area contributed by atoms with E-state index in [1.807, 2.05) is 0 Å². The number of nitrogens with two attached hydrogens (primary N) is 1. The van der Waals surface area contributed by atoms with Gasteiger partial charge in [-0.2, -0.15) is 9.29 Å². The van der Waals surface area contributed by atoms with Crippen molar-refractivity contribution in [2.24, 2.45) is 0 Å². The third kappa shape index (κ3) is 6.92. The lowest BCUT2D eigenvalue weighted by Gasteiger charge is -2.16. The monoisotopic (exact) mass is 405 g/mol. The van der Waals surface area contributed by atoms with E-state index < -0.39 is 45.9 Å². The van der Waals surface area contributed by atoms with Crippen LogP contribution in [0.2, 0.25) is 0 Å². The lowest BCUT2D eigenvalue weighted by Crippen LogP contribution is -2.35. The summed E-state index contributed by atoms with van der Waals surface area (Å²) in [7, 11) is -10.1. The molecule has 1 aliphatic rings. The van der Waals surface area contributed by atoms with E-state index in [1.54, 1.807) is 6.92 Å². The third-order valence-corrected chi connectivity index (χ3v) is 4.52. The molecule has 8 N–H and O–H groups in total. The highest BCUT2D eigenvalue weighted by atomic mass is 31.3. The summed E-state index contributed by atoms with van der Waals surface area (Å²) in [5.74, 6) is 0.0994. The Morgan fingerprint density at radius 1 is 1.20 bits per heavy atom. The highest BCUT2D eigenvalue weighted by Gasteiger charge is 2.41. The molecule has 144 valence electrons. The Morgan fingerprint density at radius 3 is 2.04 bits per heavy atom. The van der Waals surface area contributed by atoms with Gasteiger partial charge in [-0.15, -0.1) is 0 Å². The molecule has 2 rings (SSSR count). The van der Waals surface area contributed by atoms with Gasteiger partial charge in [0.1, 0.15) is 18.0 Å². The van der Waals surface area contributed by atoms with Crippen LogP contribution in [0.4, 0.5) is 5.82 Å². The van der Waals surface area contributed by atoms with Gasteiger partial charge in [-0.25, -0.2) is 13.9 Å². The summed E-state index contributed by atoms with van der Waals surface area (Å²) in [5.41, 5.74) is 4.72. The summed E-state index contributed by atoms with van der Waals surface area (Å²) >= 11 is 0. The van der Waals surface area contributed by atoms with Crippen molar-refractivity contribution in [2.45, 2.75) is 31.5 Å². The van der Waals surface area contributed by atoms with E-state index in [4.69, 9.17) is 30.0 Å². The molecule has 1 fully saturated rings. The number of rotatable bonds is 3. The largest absolute Gasteiger partial charge is 0.478 e. The number of hydrogen-bond donors (Lipinski definition) is 7. The number of aliphatic hydroxyl groups excluding tert-OH is 2. The van der Waals surface area contributed by atoms with E-state index in [1.165, 1.54) is 12.3 Å². The summed E-state index contributed by atoms with van der Waals surface area (Å²) < 4.78 is 28.6. The van der Waals surface area contributed by atoms with Crippen LogP contribution in [0.5, 0.6) is 0 Å². The maximum Gasteiger partial charge on any atom is 0.478 e. The first kappa shape index (κ1) is 21.9. The topological polar surface area (TPSA) is 235 Å². The average molecular weight is 405 g/mol. The van der Waals surface area contributed by atoms with Crippen LogP contribution in [0.3, 0.4) is 0 Å². The van der Waals surface area contributed by atoms with Gasteiger partial charge >= 0.3 is 21.3 Å². The summed E-state index contributed by atoms with van der Waals surface area (Å²) in [4.78, 5) is 46.0. The molecule has 0 aliphatic carbocycles. The predicted molar refractivity (Wildman–Crippen MR) is 79.7 cm³/mol. The van der Waals surface area contributed by atoms with Crippen LogP contribution in [0, 0.1) is 0 Å². The van der Waals surface area contributed by atoms with Gasteiger partial charge in [0.25, 0.3) is 0 Å². The van der Waals surface area contributed by atoms with Crippen LogP contribution in [0.15, 0.2) is 17.1 Å². The predicted octanol–water partition coefficient (Wildman–Crippen LogP) is -2.35. The molecule has 4 atom stereocenters. The molecule has 16 heteroatoms. The van der Waals surface area contributed by atoms with Crippen molar-refractivity contribution in [3.05, 3.63) is 22.7 Å². The SMILES string of the molecule is C[C@H]1O[C@@H](n2ccc(N)nc2=O)[C@H](O)[C@@H]1O.O=P(O)(O)OP(=O)(O)O. The Labute approximate surface area is 139 Å². The molecule has 0 aromatic carbocycles. The van der Waals surface area contributed by atoms with Gasteiger partial charge in [0.15, 0.2) is 6.23 Å². The van der Waals surface area contributed by atoms with Crippen LogP contribution in [0.25, 0.3) is 0 Å². The first-order valence-corrected chi connectivity index (χ1v) is 9.46. The minimum atomic E-state index is -5.05. The normalized spacial score (nSPS) is 26.8. The van der Waals surface area contributed by atoms with Crippen LogP contribution >= 0.6 is 15.6 Å². The van der Waals surface area contributed by atoms with Gasteiger partial charge in [0.2, 0.25) is 0 Å². The molecule has 1 aliphatic heterocycles. The molecule has 0 bridgehead atoms. The zero-order valence-corrected chi connectivity index (χ0v) is 14.3. The number of ether oxygens (including phenoxy) is 1. The quantitative estimate of drug-likeness (QED) is 0.261. The van der Waals surface area contributed by atoms with E-state index in [9.17, 15) is 24.1 Å². The Balaban J connectivity index is 0.000000299. The average Bonchev–Trinajstić information content (AvgIpc) is 2.63. The Bertz CT molecular complexity index is 723. The number of anilines is 1. The van der Waals surface area contributed by atoms with E-state index in [0.29, 0.717) is 0 Å². The second-order valence-corrected chi connectivity index (χ2v) is 7.43. The van der Waals surface area contributed by atoms with Gasteiger partial charge in [0.05, 0.1) is 6.10 Å². The molecule has 1 aromatic heterocycles. The number of hydrogen-bond acceptors (Lipinski definition) is 9. The lowest BCUT2D eigenvalue weighted by molar-refractivity contribution is -0.0349. The molecular weight excluding hydrogens is 388 g/mol. The maximum atomic E-state index is 11.5. The number of nitrogen functional groups attached to an aromatic ring is 1.